The van der Waals surface area contributed by atoms with E-state index in [4.69, 9.17) is 4.74 Å². The molecule has 1 saturated heterocycles. The van der Waals surface area contributed by atoms with Crippen molar-refractivity contribution in [1.29, 1.82) is 0 Å². The summed E-state index contributed by atoms with van der Waals surface area (Å²) >= 11 is 0. The summed E-state index contributed by atoms with van der Waals surface area (Å²) in [6.45, 7) is 6.13. The molecular formula is C14H22N2O3. The predicted molar refractivity (Wildman–Crippen MR) is 71.6 cm³/mol. The molecule has 1 aliphatic carbocycles. The van der Waals surface area contributed by atoms with Crippen LogP contribution in [0.3, 0.4) is 0 Å². The van der Waals surface area contributed by atoms with Crippen molar-refractivity contribution in [2.45, 2.75) is 38.8 Å². The zero-order chi connectivity index (χ0) is 14.4. The largest absolute Gasteiger partial charge is 0.443 e. The normalized spacial score (nSPS) is 28.0. The second kappa shape index (κ2) is 4.63. The Balaban J connectivity index is 2.08. The molecule has 1 saturated carbocycles. The first kappa shape index (κ1) is 14.1. The van der Waals surface area contributed by atoms with Gasteiger partial charge in [-0.25, -0.2) is 9.69 Å². The number of carbonyl (C=O) groups is 2. The molecule has 0 aromatic rings. The van der Waals surface area contributed by atoms with Crippen LogP contribution in [-0.4, -0.2) is 54.1 Å². The molecule has 19 heavy (non-hydrogen) atoms. The van der Waals surface area contributed by atoms with E-state index in [0.717, 1.165) is 12.0 Å². The first-order chi connectivity index (χ1) is 8.70. The van der Waals surface area contributed by atoms with Crippen molar-refractivity contribution in [3.63, 3.8) is 0 Å². The number of nitrogens with zero attached hydrogens (tertiary/aromatic N) is 2. The van der Waals surface area contributed by atoms with Gasteiger partial charge in [0.2, 0.25) is 0 Å². The van der Waals surface area contributed by atoms with Crippen LogP contribution in [0.5, 0.6) is 0 Å². The Morgan fingerprint density at radius 3 is 2.63 bits per heavy atom. The number of piperidine rings is 1. The number of rotatable bonds is 2. The standard InChI is InChI=1S/C14H22N2O3/c1-14(2,3)19-13(18)16-11-8-10(11)9(12(16)17)6-7-15(4)5/h6,10-11H,7-8H2,1-5H3/b9-6-. The van der Waals surface area contributed by atoms with Crippen molar-refractivity contribution in [2.75, 3.05) is 20.6 Å². The smallest absolute Gasteiger partial charge is 0.417 e. The highest BCUT2D eigenvalue weighted by Crippen LogP contribution is 2.49. The van der Waals surface area contributed by atoms with Gasteiger partial charge in [0.1, 0.15) is 5.60 Å². The summed E-state index contributed by atoms with van der Waals surface area (Å²) < 4.78 is 5.29. The van der Waals surface area contributed by atoms with E-state index >= 15 is 0 Å². The van der Waals surface area contributed by atoms with Crippen LogP contribution in [0.25, 0.3) is 0 Å². The predicted octanol–water partition coefficient (Wildman–Crippen LogP) is 1.64. The lowest BCUT2D eigenvalue weighted by Crippen LogP contribution is -2.40. The van der Waals surface area contributed by atoms with E-state index in [1.165, 1.54) is 4.90 Å². The van der Waals surface area contributed by atoms with E-state index in [2.05, 4.69) is 0 Å². The summed E-state index contributed by atoms with van der Waals surface area (Å²) in [5.74, 6) is 0.0392. The lowest BCUT2D eigenvalue weighted by atomic mass is 10.1. The molecule has 0 aromatic heterocycles. The highest BCUT2D eigenvalue weighted by molar-refractivity contribution is 6.07. The summed E-state index contributed by atoms with van der Waals surface area (Å²) in [4.78, 5) is 27.5. The second-order valence-electron chi connectivity index (χ2n) is 6.49. The number of imide groups is 1. The molecule has 2 unspecified atom stereocenters. The van der Waals surface area contributed by atoms with Gasteiger partial charge in [0, 0.05) is 18.0 Å². The number of likely N-dealkylation sites (N-methyl/N-ethyl adjacent to an activating group) is 1. The third-order valence-electron chi connectivity index (χ3n) is 3.22. The van der Waals surface area contributed by atoms with Crippen LogP contribution in [0.4, 0.5) is 4.79 Å². The molecular weight excluding hydrogens is 244 g/mol. The second-order valence-corrected chi connectivity index (χ2v) is 6.49. The molecule has 0 radical (unpaired) electrons. The Kier molecular flexibility index (Phi) is 3.43. The van der Waals surface area contributed by atoms with Crippen LogP contribution in [0.15, 0.2) is 11.6 Å². The molecule has 5 nitrogen and oxygen atoms in total. The molecule has 0 bridgehead atoms. The molecule has 0 spiro atoms. The summed E-state index contributed by atoms with van der Waals surface area (Å²) in [7, 11) is 3.90. The number of carbonyl (C=O) groups excluding carboxylic acids is 2. The summed E-state index contributed by atoms with van der Waals surface area (Å²) in [6, 6.07) is 0.0239. The molecule has 0 N–H and O–H groups in total. The fraction of sp³-hybridized carbons (Fsp3) is 0.714. The first-order valence-electron chi connectivity index (χ1n) is 6.62. The number of amides is 2. The minimum atomic E-state index is -0.572. The Morgan fingerprint density at radius 2 is 2.11 bits per heavy atom. The minimum absolute atomic E-state index is 0.0239. The minimum Gasteiger partial charge on any atom is -0.443 e. The van der Waals surface area contributed by atoms with Gasteiger partial charge in [0.05, 0.1) is 6.04 Å². The zero-order valence-corrected chi connectivity index (χ0v) is 12.3. The van der Waals surface area contributed by atoms with E-state index in [1.807, 2.05) is 25.1 Å². The molecule has 2 fully saturated rings. The molecule has 2 atom stereocenters. The third kappa shape index (κ3) is 2.97. The molecule has 5 heteroatoms. The van der Waals surface area contributed by atoms with Gasteiger partial charge < -0.3 is 9.64 Å². The highest BCUT2D eigenvalue weighted by atomic mass is 16.6. The van der Waals surface area contributed by atoms with Crippen LogP contribution in [0, 0.1) is 5.92 Å². The lowest BCUT2D eigenvalue weighted by Gasteiger charge is -2.24. The van der Waals surface area contributed by atoms with Crippen molar-refractivity contribution >= 4 is 12.0 Å². The fourth-order valence-electron chi connectivity index (χ4n) is 2.30. The molecule has 0 aromatic carbocycles. The van der Waals surface area contributed by atoms with Crippen molar-refractivity contribution in [3.8, 4) is 0 Å². The van der Waals surface area contributed by atoms with Gasteiger partial charge in [0.15, 0.2) is 0 Å². The van der Waals surface area contributed by atoms with Gasteiger partial charge >= 0.3 is 6.09 Å². The van der Waals surface area contributed by atoms with Gasteiger partial charge in [-0.05, 0) is 41.3 Å². The van der Waals surface area contributed by atoms with Gasteiger partial charge in [0.25, 0.3) is 5.91 Å². The third-order valence-corrected chi connectivity index (χ3v) is 3.22. The maximum Gasteiger partial charge on any atom is 0.417 e. The van der Waals surface area contributed by atoms with Crippen LogP contribution in [0.2, 0.25) is 0 Å². The molecule has 2 aliphatic rings. The van der Waals surface area contributed by atoms with Gasteiger partial charge in [-0.2, -0.15) is 0 Å². The fourth-order valence-corrected chi connectivity index (χ4v) is 2.30. The Labute approximate surface area is 114 Å². The molecule has 106 valence electrons. The molecule has 1 aliphatic heterocycles. The zero-order valence-electron chi connectivity index (χ0n) is 12.3. The van der Waals surface area contributed by atoms with Crippen LogP contribution >= 0.6 is 0 Å². The lowest BCUT2D eigenvalue weighted by molar-refractivity contribution is -0.125. The van der Waals surface area contributed by atoms with Crippen molar-refractivity contribution in [1.82, 2.24) is 9.80 Å². The number of fused-ring (bicyclic) bond motifs is 1. The Morgan fingerprint density at radius 1 is 1.47 bits per heavy atom. The van der Waals surface area contributed by atoms with Crippen molar-refractivity contribution in [3.05, 3.63) is 11.6 Å². The maximum atomic E-state index is 12.2. The quantitative estimate of drug-likeness (QED) is 0.713. The number of likely N-dealkylation sites (tertiary alicyclic amines) is 1. The van der Waals surface area contributed by atoms with Crippen molar-refractivity contribution < 1.29 is 14.3 Å². The summed E-state index contributed by atoms with van der Waals surface area (Å²) in [6.07, 6.45) is 2.29. The average molecular weight is 266 g/mol. The SMILES string of the molecule is CN(C)C/C=C1\C(=O)N(C(=O)OC(C)(C)C)C2CC12. The Hall–Kier alpha value is -1.36. The van der Waals surface area contributed by atoms with E-state index in [0.29, 0.717) is 6.54 Å². The van der Waals surface area contributed by atoms with Gasteiger partial charge in [-0.3, -0.25) is 4.79 Å². The van der Waals surface area contributed by atoms with Crippen molar-refractivity contribution in [2.24, 2.45) is 5.92 Å². The molecule has 2 rings (SSSR count). The van der Waals surface area contributed by atoms with Gasteiger partial charge in [-0.1, -0.05) is 6.08 Å². The first-order valence-corrected chi connectivity index (χ1v) is 6.62. The topological polar surface area (TPSA) is 49.9 Å². The summed E-state index contributed by atoms with van der Waals surface area (Å²) in [5, 5.41) is 0. The number of hydrogen-bond donors (Lipinski definition) is 0. The highest BCUT2D eigenvalue weighted by Gasteiger charge is 2.58. The van der Waals surface area contributed by atoms with E-state index in [1.54, 1.807) is 20.8 Å². The number of ether oxygens (including phenoxy) is 1. The summed E-state index contributed by atoms with van der Waals surface area (Å²) in [5.41, 5.74) is 0.197. The van der Waals surface area contributed by atoms with Gasteiger partial charge in [-0.15, -0.1) is 0 Å². The van der Waals surface area contributed by atoms with E-state index in [-0.39, 0.29) is 17.9 Å². The van der Waals surface area contributed by atoms with E-state index < -0.39 is 11.7 Å². The number of hydrogen-bond acceptors (Lipinski definition) is 4. The van der Waals surface area contributed by atoms with E-state index in [9.17, 15) is 9.59 Å². The average Bonchev–Trinajstić information content (AvgIpc) is 2.90. The van der Waals surface area contributed by atoms with Crippen LogP contribution in [0.1, 0.15) is 27.2 Å². The van der Waals surface area contributed by atoms with Crippen LogP contribution < -0.4 is 0 Å². The molecule has 2 amide bonds. The maximum absolute atomic E-state index is 12.2. The van der Waals surface area contributed by atoms with Crippen LogP contribution in [-0.2, 0) is 9.53 Å². The monoisotopic (exact) mass is 266 g/mol. The molecule has 1 heterocycles. The Bertz CT molecular complexity index is 434.